The standard InChI is InChI=1S/C13H10N.C9H13.2ClH.Zr/c1-2-6-12-10-13(9-11(12)5-1)14-7-3-4-8-14;1-2-3-6-9-7-4-5-8-9;;;/h1-10H;4,7H,2-3,5-6H2,1H3;2*1H;/q2*-1;;;+4/p-2. The molecule has 4 rings (SSSR count). The summed E-state index contributed by atoms with van der Waals surface area (Å²) in [5, 5.41) is 2.60. The predicted octanol–water partition coefficient (Wildman–Crippen LogP) is 0.221. The maximum Gasteiger partial charge on any atom is 4.00 e. The fourth-order valence-corrected chi connectivity index (χ4v) is 2.78. The van der Waals surface area contributed by atoms with E-state index in [9.17, 15) is 0 Å². The Bertz CT molecular complexity index is 768. The summed E-state index contributed by atoms with van der Waals surface area (Å²) in [6.07, 6.45) is 16.7. The second-order valence-corrected chi connectivity index (χ2v) is 5.84. The van der Waals surface area contributed by atoms with Gasteiger partial charge < -0.3 is 29.4 Å². The first-order valence-electron chi connectivity index (χ1n) is 8.42. The van der Waals surface area contributed by atoms with Gasteiger partial charge in [0.25, 0.3) is 0 Å². The molecule has 0 aliphatic heterocycles. The van der Waals surface area contributed by atoms with E-state index >= 15 is 0 Å². The zero-order valence-electron chi connectivity index (χ0n) is 15.0. The summed E-state index contributed by atoms with van der Waals surface area (Å²) in [5.41, 5.74) is 2.65. The smallest absolute Gasteiger partial charge is 1.00 e. The summed E-state index contributed by atoms with van der Waals surface area (Å²) in [7, 11) is 0. The van der Waals surface area contributed by atoms with Crippen molar-refractivity contribution in [2.75, 3.05) is 0 Å². The van der Waals surface area contributed by atoms with Gasteiger partial charge in [-0.3, -0.25) is 6.08 Å². The Morgan fingerprint density at radius 1 is 1.08 bits per heavy atom. The Morgan fingerprint density at radius 2 is 1.81 bits per heavy atom. The normalized spacial score (nSPS) is 11.5. The van der Waals surface area contributed by atoms with Gasteiger partial charge >= 0.3 is 26.2 Å². The van der Waals surface area contributed by atoms with Crippen LogP contribution < -0.4 is 24.8 Å². The zero-order chi connectivity index (χ0) is 15.9. The van der Waals surface area contributed by atoms with Gasteiger partial charge in [0.05, 0.1) is 0 Å². The first-order valence-corrected chi connectivity index (χ1v) is 8.42. The summed E-state index contributed by atoms with van der Waals surface area (Å²) >= 11 is 0. The minimum absolute atomic E-state index is 0. The van der Waals surface area contributed by atoms with Gasteiger partial charge in [-0.05, 0) is 17.8 Å². The molecule has 1 aliphatic carbocycles. The van der Waals surface area contributed by atoms with Crippen molar-refractivity contribution < 1.29 is 51.0 Å². The zero-order valence-corrected chi connectivity index (χ0v) is 18.9. The summed E-state index contributed by atoms with van der Waals surface area (Å²) in [4.78, 5) is 0. The SMILES string of the molecule is CCCCC1=[C-]CC=C1.[Cl-].[Cl-].[Zr+4].c1ccc2[cH-]c(-n3cccc3)cc2c1. The number of benzene rings is 1. The summed E-state index contributed by atoms with van der Waals surface area (Å²) in [6.45, 7) is 2.22. The van der Waals surface area contributed by atoms with Crippen LogP contribution in [0, 0.1) is 6.08 Å². The second-order valence-electron chi connectivity index (χ2n) is 5.84. The Morgan fingerprint density at radius 3 is 2.42 bits per heavy atom. The number of nitrogens with zero attached hydrogens (tertiary/aromatic N) is 1. The molecule has 0 N–H and O–H groups in total. The number of hydrogen-bond acceptors (Lipinski definition) is 0. The molecule has 0 unspecified atom stereocenters. The molecule has 0 fully saturated rings. The van der Waals surface area contributed by atoms with E-state index in [1.165, 1.54) is 41.3 Å². The average molecular weight is 464 g/mol. The molecule has 0 amide bonds. The van der Waals surface area contributed by atoms with Crippen molar-refractivity contribution >= 4 is 10.8 Å². The van der Waals surface area contributed by atoms with Gasteiger partial charge in [-0.1, -0.05) is 32.3 Å². The van der Waals surface area contributed by atoms with E-state index in [0.29, 0.717) is 0 Å². The van der Waals surface area contributed by atoms with Crippen molar-refractivity contribution in [3.05, 3.63) is 84.7 Å². The van der Waals surface area contributed by atoms with E-state index < -0.39 is 0 Å². The van der Waals surface area contributed by atoms with Gasteiger partial charge in [0.15, 0.2) is 0 Å². The molecule has 0 spiro atoms. The van der Waals surface area contributed by atoms with Crippen molar-refractivity contribution in [3.63, 3.8) is 0 Å². The van der Waals surface area contributed by atoms with Crippen molar-refractivity contribution in [1.82, 2.24) is 4.57 Å². The Balaban J connectivity index is 0.000000466. The van der Waals surface area contributed by atoms with Crippen molar-refractivity contribution in [2.24, 2.45) is 0 Å². The minimum atomic E-state index is 0. The number of aromatic nitrogens is 1. The van der Waals surface area contributed by atoms with Crippen LogP contribution in [0.4, 0.5) is 0 Å². The number of allylic oxidation sites excluding steroid dienone is 4. The van der Waals surface area contributed by atoms with Crippen molar-refractivity contribution in [2.45, 2.75) is 32.6 Å². The van der Waals surface area contributed by atoms with E-state index in [1.807, 2.05) is 12.1 Å². The van der Waals surface area contributed by atoms with Crippen LogP contribution in [0.3, 0.4) is 0 Å². The molecule has 1 aromatic heterocycles. The fourth-order valence-electron chi connectivity index (χ4n) is 2.78. The van der Waals surface area contributed by atoms with Crippen LogP contribution in [0.1, 0.15) is 32.6 Å². The molecule has 3 aromatic rings. The van der Waals surface area contributed by atoms with Crippen LogP contribution in [-0.4, -0.2) is 4.57 Å². The first kappa shape index (κ1) is 25.1. The molecule has 0 saturated carbocycles. The van der Waals surface area contributed by atoms with Gasteiger partial charge in [0.1, 0.15) is 0 Å². The van der Waals surface area contributed by atoms with Crippen LogP contribution in [0.5, 0.6) is 0 Å². The molecule has 0 radical (unpaired) electrons. The second kappa shape index (κ2) is 13.3. The Labute approximate surface area is 188 Å². The molecule has 26 heavy (non-hydrogen) atoms. The number of fused-ring (bicyclic) bond motifs is 1. The Hall–Kier alpha value is -0.947. The van der Waals surface area contributed by atoms with Crippen molar-refractivity contribution in [3.8, 4) is 5.69 Å². The Kier molecular flexibility index (Phi) is 12.8. The quantitative estimate of drug-likeness (QED) is 0.488. The topological polar surface area (TPSA) is 4.93 Å². The van der Waals surface area contributed by atoms with Gasteiger partial charge in [-0.2, -0.15) is 6.08 Å². The number of hydrogen-bond donors (Lipinski definition) is 0. The van der Waals surface area contributed by atoms with Crippen LogP contribution in [0.2, 0.25) is 0 Å². The third kappa shape index (κ3) is 6.99. The van der Waals surface area contributed by atoms with E-state index in [-0.39, 0.29) is 51.0 Å². The van der Waals surface area contributed by atoms with Crippen LogP contribution in [-0.2, 0) is 26.2 Å². The molecular formula is C22H23Cl2NZr. The number of rotatable bonds is 4. The van der Waals surface area contributed by atoms with Crippen molar-refractivity contribution in [1.29, 1.82) is 0 Å². The maximum absolute atomic E-state index is 3.30. The van der Waals surface area contributed by atoms with E-state index in [2.05, 4.69) is 78.5 Å². The molecule has 1 aliphatic rings. The summed E-state index contributed by atoms with van der Waals surface area (Å²) < 4.78 is 2.12. The first-order chi connectivity index (χ1) is 11.4. The largest absolute Gasteiger partial charge is 4.00 e. The average Bonchev–Trinajstić information content (AvgIpc) is 3.34. The number of halogens is 2. The van der Waals surface area contributed by atoms with E-state index in [4.69, 9.17) is 0 Å². The van der Waals surface area contributed by atoms with Gasteiger partial charge in [-0.15, -0.1) is 47.5 Å². The predicted molar refractivity (Wildman–Crippen MR) is 98.9 cm³/mol. The molecule has 1 heterocycles. The number of unbranched alkanes of at least 4 members (excludes halogenated alkanes) is 1. The molecule has 134 valence electrons. The third-order valence-corrected chi connectivity index (χ3v) is 4.07. The van der Waals surface area contributed by atoms with Crippen LogP contribution in [0.25, 0.3) is 16.5 Å². The van der Waals surface area contributed by atoms with Gasteiger partial charge in [-0.25, -0.2) is 11.6 Å². The summed E-state index contributed by atoms with van der Waals surface area (Å²) in [5.74, 6) is 0. The fraction of sp³-hybridized carbons (Fsp3) is 0.227. The van der Waals surface area contributed by atoms with Crippen LogP contribution >= 0.6 is 0 Å². The minimum Gasteiger partial charge on any atom is -1.00 e. The summed E-state index contributed by atoms with van der Waals surface area (Å²) in [6, 6.07) is 16.9. The van der Waals surface area contributed by atoms with Gasteiger partial charge in [0, 0.05) is 12.4 Å². The maximum atomic E-state index is 3.30. The molecular weight excluding hydrogens is 440 g/mol. The molecule has 0 bridgehead atoms. The van der Waals surface area contributed by atoms with Crippen LogP contribution in [0.15, 0.2) is 78.6 Å². The molecule has 1 nitrogen and oxygen atoms in total. The van der Waals surface area contributed by atoms with E-state index in [0.717, 1.165) is 6.42 Å². The van der Waals surface area contributed by atoms with Gasteiger partial charge in [0.2, 0.25) is 0 Å². The molecule has 0 atom stereocenters. The van der Waals surface area contributed by atoms with E-state index in [1.54, 1.807) is 0 Å². The third-order valence-electron chi connectivity index (χ3n) is 4.07. The molecule has 2 aromatic carbocycles. The molecule has 0 saturated heterocycles. The molecule has 4 heteroatoms. The monoisotopic (exact) mass is 461 g/mol.